The lowest BCUT2D eigenvalue weighted by molar-refractivity contribution is -0.127. The molecule has 1 amide bonds. The van der Waals surface area contributed by atoms with Crippen LogP contribution in [0.4, 0.5) is 0 Å². The fourth-order valence-electron chi connectivity index (χ4n) is 1.65. The molecule has 1 aromatic heterocycles. The summed E-state index contributed by atoms with van der Waals surface area (Å²) in [6.45, 7) is 2.08. The van der Waals surface area contributed by atoms with Gasteiger partial charge < -0.3 is 10.1 Å². The number of aromatic nitrogens is 1. The van der Waals surface area contributed by atoms with Crippen molar-refractivity contribution in [2.24, 2.45) is 0 Å². The molecule has 0 unspecified atom stereocenters. The minimum absolute atomic E-state index is 0.224. The second-order valence-corrected chi connectivity index (χ2v) is 5.25. The lowest BCUT2D eigenvalue weighted by Gasteiger charge is -2.15. The van der Waals surface area contributed by atoms with Gasteiger partial charge in [0.05, 0.1) is 5.02 Å². The number of nitrogens with zero attached hydrogens (tertiary/aromatic N) is 1. The maximum absolute atomic E-state index is 12.0. The third kappa shape index (κ3) is 4.62. The minimum atomic E-state index is -0.662. The summed E-state index contributed by atoms with van der Waals surface area (Å²) in [6.07, 6.45) is 2.69. The van der Waals surface area contributed by atoms with Crippen molar-refractivity contribution in [3.63, 3.8) is 0 Å². The van der Waals surface area contributed by atoms with Crippen molar-refractivity contribution in [1.29, 1.82) is 0 Å². The number of hydrogen-bond acceptors (Lipinski definition) is 3. The lowest BCUT2D eigenvalue weighted by atomic mass is 10.2. The monoisotopic (exact) mass is 324 g/mol. The van der Waals surface area contributed by atoms with Gasteiger partial charge in [0.15, 0.2) is 6.10 Å². The average molecular weight is 325 g/mol. The molecule has 0 aliphatic rings. The number of ether oxygens (including phenoxy) is 1. The molecule has 2 rings (SSSR count). The number of carbonyl (C=O) groups is 1. The molecule has 110 valence electrons. The molecule has 0 fully saturated rings. The maximum atomic E-state index is 12.0. The molecule has 1 heterocycles. The van der Waals surface area contributed by atoms with E-state index in [2.05, 4.69) is 10.3 Å². The zero-order chi connectivity index (χ0) is 15.2. The van der Waals surface area contributed by atoms with Crippen LogP contribution in [0.15, 0.2) is 42.7 Å². The van der Waals surface area contributed by atoms with Gasteiger partial charge in [-0.05, 0) is 42.8 Å². The highest BCUT2D eigenvalue weighted by molar-refractivity contribution is 6.35. The van der Waals surface area contributed by atoms with Crippen molar-refractivity contribution < 1.29 is 9.53 Å². The van der Waals surface area contributed by atoms with Crippen LogP contribution in [0.5, 0.6) is 5.75 Å². The summed E-state index contributed by atoms with van der Waals surface area (Å²) >= 11 is 11.8. The molecule has 0 radical (unpaired) electrons. The van der Waals surface area contributed by atoms with E-state index >= 15 is 0 Å². The second-order valence-electron chi connectivity index (χ2n) is 4.41. The Kier molecular flexibility index (Phi) is 5.42. The normalized spacial score (nSPS) is 11.8. The number of pyridine rings is 1. The summed E-state index contributed by atoms with van der Waals surface area (Å²) in [4.78, 5) is 15.9. The molecule has 21 heavy (non-hydrogen) atoms. The number of amides is 1. The first-order valence-corrected chi connectivity index (χ1v) is 7.10. The number of hydrogen-bond donors (Lipinski definition) is 1. The number of benzene rings is 1. The van der Waals surface area contributed by atoms with Crippen LogP contribution in [-0.2, 0) is 11.3 Å². The van der Waals surface area contributed by atoms with Crippen LogP contribution in [0, 0.1) is 0 Å². The van der Waals surface area contributed by atoms with Gasteiger partial charge >= 0.3 is 0 Å². The molecule has 0 saturated heterocycles. The number of halogens is 2. The predicted molar refractivity (Wildman–Crippen MR) is 82.6 cm³/mol. The van der Waals surface area contributed by atoms with E-state index in [9.17, 15) is 4.79 Å². The predicted octanol–water partition coefficient (Wildman–Crippen LogP) is 3.47. The molecule has 0 spiro atoms. The molecule has 6 heteroatoms. The Morgan fingerprint density at radius 1 is 1.29 bits per heavy atom. The SMILES string of the molecule is C[C@H](Oc1ccc(Cl)cc1Cl)C(=O)NCc1ccncc1. The number of carbonyl (C=O) groups excluding carboxylic acids is 1. The molecule has 0 saturated carbocycles. The Hall–Kier alpha value is -1.78. The van der Waals surface area contributed by atoms with Crippen LogP contribution in [0.2, 0.25) is 10.0 Å². The third-order valence-corrected chi connectivity index (χ3v) is 3.31. The number of rotatable bonds is 5. The van der Waals surface area contributed by atoms with Crippen LogP contribution < -0.4 is 10.1 Å². The number of nitrogens with one attached hydrogen (secondary N) is 1. The topological polar surface area (TPSA) is 51.2 Å². The molecule has 1 atom stereocenters. The van der Waals surface area contributed by atoms with Crippen molar-refractivity contribution in [2.45, 2.75) is 19.6 Å². The smallest absolute Gasteiger partial charge is 0.261 e. The van der Waals surface area contributed by atoms with Crippen LogP contribution in [0.25, 0.3) is 0 Å². The van der Waals surface area contributed by atoms with Gasteiger partial charge in [0.2, 0.25) is 0 Å². The zero-order valence-corrected chi connectivity index (χ0v) is 12.9. The van der Waals surface area contributed by atoms with Crippen LogP contribution >= 0.6 is 23.2 Å². The van der Waals surface area contributed by atoms with Gasteiger partial charge in [-0.2, -0.15) is 0 Å². The largest absolute Gasteiger partial charge is 0.479 e. The van der Waals surface area contributed by atoms with Gasteiger partial charge in [-0.15, -0.1) is 0 Å². The summed E-state index contributed by atoms with van der Waals surface area (Å²) in [7, 11) is 0. The maximum Gasteiger partial charge on any atom is 0.261 e. The third-order valence-electron chi connectivity index (χ3n) is 2.78. The van der Waals surface area contributed by atoms with Crippen molar-refractivity contribution in [1.82, 2.24) is 10.3 Å². The second kappa shape index (κ2) is 7.29. The fraction of sp³-hybridized carbons (Fsp3) is 0.200. The van der Waals surface area contributed by atoms with Gasteiger partial charge in [0.1, 0.15) is 5.75 Å². The molecular weight excluding hydrogens is 311 g/mol. The molecule has 4 nitrogen and oxygen atoms in total. The first-order valence-electron chi connectivity index (χ1n) is 6.34. The van der Waals surface area contributed by atoms with E-state index in [1.807, 2.05) is 12.1 Å². The van der Waals surface area contributed by atoms with E-state index in [1.165, 1.54) is 0 Å². The van der Waals surface area contributed by atoms with E-state index in [4.69, 9.17) is 27.9 Å². The Morgan fingerprint density at radius 2 is 2.00 bits per heavy atom. The van der Waals surface area contributed by atoms with Crippen LogP contribution in [0.1, 0.15) is 12.5 Å². The summed E-state index contributed by atoms with van der Waals surface area (Å²) in [5.74, 6) is 0.199. The van der Waals surface area contributed by atoms with E-state index < -0.39 is 6.10 Å². The molecule has 2 aromatic rings. The van der Waals surface area contributed by atoms with Crippen molar-refractivity contribution >= 4 is 29.1 Å². The Bertz CT molecular complexity index is 620. The quantitative estimate of drug-likeness (QED) is 0.916. The van der Waals surface area contributed by atoms with Gasteiger partial charge in [-0.1, -0.05) is 23.2 Å². The van der Waals surface area contributed by atoms with E-state index in [0.29, 0.717) is 22.3 Å². The molecule has 0 aliphatic heterocycles. The van der Waals surface area contributed by atoms with Gasteiger partial charge in [-0.3, -0.25) is 9.78 Å². The van der Waals surface area contributed by atoms with Gasteiger partial charge in [0, 0.05) is 24.0 Å². The average Bonchev–Trinajstić information content (AvgIpc) is 2.48. The molecule has 1 aromatic carbocycles. The highest BCUT2D eigenvalue weighted by atomic mass is 35.5. The Balaban J connectivity index is 1.90. The molecule has 1 N–H and O–H groups in total. The van der Waals surface area contributed by atoms with Crippen LogP contribution in [0.3, 0.4) is 0 Å². The molecule has 0 aliphatic carbocycles. The fourth-order valence-corrected chi connectivity index (χ4v) is 2.10. The van der Waals surface area contributed by atoms with Crippen molar-refractivity contribution in [3.8, 4) is 5.75 Å². The standard InChI is InChI=1S/C15H14Cl2N2O2/c1-10(21-14-3-2-12(16)8-13(14)17)15(20)19-9-11-4-6-18-7-5-11/h2-8,10H,9H2,1H3,(H,19,20)/t10-/m0/s1. The summed E-state index contributed by atoms with van der Waals surface area (Å²) < 4.78 is 5.54. The Morgan fingerprint density at radius 3 is 2.67 bits per heavy atom. The lowest BCUT2D eigenvalue weighted by Crippen LogP contribution is -2.35. The van der Waals surface area contributed by atoms with E-state index in [0.717, 1.165) is 5.56 Å². The highest BCUT2D eigenvalue weighted by Crippen LogP contribution is 2.28. The van der Waals surface area contributed by atoms with Crippen molar-refractivity contribution in [3.05, 3.63) is 58.3 Å². The minimum Gasteiger partial charge on any atom is -0.479 e. The Labute approximate surface area is 133 Å². The first-order chi connectivity index (χ1) is 10.1. The molecule has 0 bridgehead atoms. The highest BCUT2D eigenvalue weighted by Gasteiger charge is 2.15. The van der Waals surface area contributed by atoms with E-state index in [1.54, 1.807) is 37.5 Å². The van der Waals surface area contributed by atoms with Crippen LogP contribution in [-0.4, -0.2) is 17.0 Å². The first kappa shape index (κ1) is 15.6. The summed E-state index contributed by atoms with van der Waals surface area (Å²) in [5, 5.41) is 3.68. The molecular formula is C15H14Cl2N2O2. The summed E-state index contributed by atoms with van der Waals surface area (Å²) in [6, 6.07) is 8.53. The summed E-state index contributed by atoms with van der Waals surface area (Å²) in [5.41, 5.74) is 0.968. The van der Waals surface area contributed by atoms with Gasteiger partial charge in [-0.25, -0.2) is 0 Å². The van der Waals surface area contributed by atoms with Gasteiger partial charge in [0.25, 0.3) is 5.91 Å². The van der Waals surface area contributed by atoms with Crippen molar-refractivity contribution in [2.75, 3.05) is 0 Å². The zero-order valence-electron chi connectivity index (χ0n) is 11.3. The van der Waals surface area contributed by atoms with E-state index in [-0.39, 0.29) is 5.91 Å².